The van der Waals surface area contributed by atoms with Gasteiger partial charge in [-0.05, 0) is 47.2 Å². The van der Waals surface area contributed by atoms with Gasteiger partial charge in [-0.1, -0.05) is 66.7 Å². The molecule has 0 N–H and O–H groups in total. The molecular weight excluding hydrogens is 346 g/mol. The lowest BCUT2D eigenvalue weighted by atomic mass is 10.1. The van der Waals surface area contributed by atoms with Crippen LogP contribution in [0, 0.1) is 0 Å². The zero-order valence-electron chi connectivity index (χ0n) is 15.1. The molecule has 1 heterocycles. The van der Waals surface area contributed by atoms with E-state index in [1.54, 1.807) is 4.68 Å². The molecule has 5 aromatic rings. The maximum absolute atomic E-state index is 6.06. The largest absolute Gasteiger partial charge is 0.403 e. The average molecular weight is 363 g/mol. The van der Waals surface area contributed by atoms with Gasteiger partial charge in [-0.2, -0.15) is 9.67 Å². The fourth-order valence-corrected chi connectivity index (χ4v) is 3.15. The Morgan fingerprint density at radius 1 is 0.679 bits per heavy atom. The van der Waals surface area contributed by atoms with Crippen molar-refractivity contribution >= 4 is 16.5 Å². The second kappa shape index (κ2) is 7.00. The number of fused-ring (bicyclic) bond motifs is 1. The van der Waals surface area contributed by atoms with Crippen LogP contribution in [0.3, 0.4) is 0 Å². The number of para-hydroxylation sites is 1. The Kier molecular flexibility index (Phi) is 4.07. The molecular formula is C24H17N3O. The summed E-state index contributed by atoms with van der Waals surface area (Å²) in [6, 6.07) is 34.1. The lowest BCUT2D eigenvalue weighted by Crippen LogP contribution is -2.15. The molecule has 5 rings (SSSR count). The molecule has 134 valence electrons. The van der Waals surface area contributed by atoms with Crippen LogP contribution in [0.4, 0.5) is 5.69 Å². The number of nitrogens with zero attached hydrogens (tertiary/aromatic N) is 3. The highest BCUT2D eigenvalue weighted by atomic mass is 16.4. The average Bonchev–Trinajstić information content (AvgIpc) is 3.19. The van der Waals surface area contributed by atoms with Gasteiger partial charge in [0.2, 0.25) is 5.89 Å². The fourth-order valence-electron chi connectivity index (χ4n) is 3.15. The van der Waals surface area contributed by atoms with Crippen LogP contribution in [0.25, 0.3) is 27.9 Å². The summed E-state index contributed by atoms with van der Waals surface area (Å²) in [6.45, 7) is 0. The van der Waals surface area contributed by atoms with Gasteiger partial charge in [0.25, 0.3) is 0 Å². The van der Waals surface area contributed by atoms with Crippen molar-refractivity contribution in [1.29, 1.82) is 0 Å². The number of hydrogen-bond donors (Lipinski definition) is 0. The Balaban J connectivity index is 1.70. The van der Waals surface area contributed by atoms with Crippen LogP contribution in [0.1, 0.15) is 0 Å². The van der Waals surface area contributed by atoms with E-state index in [9.17, 15) is 0 Å². The minimum Gasteiger partial charge on any atom is -0.403 e. The fraction of sp³-hybridized carbons (Fsp3) is 0. The minimum absolute atomic E-state index is 0.431. The normalized spacial score (nSPS) is 11.8. The first-order valence-electron chi connectivity index (χ1n) is 9.11. The number of aromatic nitrogens is 2. The number of benzene rings is 4. The van der Waals surface area contributed by atoms with Crippen LogP contribution in [0.5, 0.6) is 0 Å². The zero-order chi connectivity index (χ0) is 18.8. The van der Waals surface area contributed by atoms with Gasteiger partial charge < -0.3 is 4.42 Å². The molecule has 1 aromatic heterocycles. The maximum Gasteiger partial charge on any atom is 0.325 e. The number of rotatable bonds is 3. The summed E-state index contributed by atoms with van der Waals surface area (Å²) in [5, 5.41) is 6.98. The monoisotopic (exact) mass is 363 g/mol. The first kappa shape index (κ1) is 16.3. The van der Waals surface area contributed by atoms with Crippen molar-refractivity contribution < 1.29 is 4.42 Å². The van der Waals surface area contributed by atoms with Crippen molar-refractivity contribution in [2.24, 2.45) is 4.99 Å². The maximum atomic E-state index is 6.06. The van der Waals surface area contributed by atoms with Gasteiger partial charge in [0, 0.05) is 5.56 Å². The Labute approximate surface area is 162 Å². The van der Waals surface area contributed by atoms with E-state index in [1.165, 1.54) is 5.39 Å². The van der Waals surface area contributed by atoms with Gasteiger partial charge >= 0.3 is 5.68 Å². The summed E-state index contributed by atoms with van der Waals surface area (Å²) in [7, 11) is 0. The van der Waals surface area contributed by atoms with Crippen LogP contribution in [-0.4, -0.2) is 9.78 Å². The predicted molar refractivity (Wildman–Crippen MR) is 110 cm³/mol. The van der Waals surface area contributed by atoms with E-state index in [2.05, 4.69) is 29.4 Å². The van der Waals surface area contributed by atoms with Crippen molar-refractivity contribution in [1.82, 2.24) is 9.78 Å². The SMILES string of the molecule is c1ccc(-c2nn(-c3ccccc3)c(=Nc3ccc4ccccc4c3)o2)cc1. The van der Waals surface area contributed by atoms with E-state index in [-0.39, 0.29) is 0 Å². The quantitative estimate of drug-likeness (QED) is 0.424. The molecule has 0 bridgehead atoms. The van der Waals surface area contributed by atoms with Gasteiger partial charge in [-0.15, -0.1) is 5.10 Å². The van der Waals surface area contributed by atoms with Crippen LogP contribution >= 0.6 is 0 Å². The van der Waals surface area contributed by atoms with Crippen LogP contribution < -0.4 is 5.68 Å². The minimum atomic E-state index is 0.431. The van der Waals surface area contributed by atoms with Gasteiger partial charge in [0.15, 0.2) is 0 Å². The van der Waals surface area contributed by atoms with E-state index >= 15 is 0 Å². The topological polar surface area (TPSA) is 43.3 Å². The van der Waals surface area contributed by atoms with Crippen molar-refractivity contribution in [3.05, 3.63) is 109 Å². The molecule has 0 aliphatic heterocycles. The number of hydrogen-bond acceptors (Lipinski definition) is 3. The molecule has 0 aliphatic rings. The van der Waals surface area contributed by atoms with E-state index < -0.39 is 0 Å². The van der Waals surface area contributed by atoms with Crippen molar-refractivity contribution in [2.75, 3.05) is 0 Å². The first-order valence-corrected chi connectivity index (χ1v) is 9.11. The molecule has 4 aromatic carbocycles. The molecule has 0 saturated carbocycles. The first-order chi connectivity index (χ1) is 13.9. The van der Waals surface area contributed by atoms with Gasteiger partial charge in [0.1, 0.15) is 0 Å². The second-order valence-electron chi connectivity index (χ2n) is 6.45. The third-order valence-electron chi connectivity index (χ3n) is 4.54. The third kappa shape index (κ3) is 3.12. The third-order valence-corrected chi connectivity index (χ3v) is 4.54. The van der Waals surface area contributed by atoms with Gasteiger partial charge in [-0.3, -0.25) is 0 Å². The Bertz CT molecular complexity index is 1300. The lowest BCUT2D eigenvalue weighted by Gasteiger charge is -2.00. The second-order valence-corrected chi connectivity index (χ2v) is 6.45. The van der Waals surface area contributed by atoms with E-state index in [0.29, 0.717) is 11.6 Å². The molecule has 0 saturated heterocycles. The standard InChI is InChI=1S/C24H17N3O/c1-3-10-19(11-4-1)23-26-27(22-13-5-2-6-14-22)24(28-23)25-21-16-15-18-9-7-8-12-20(18)17-21/h1-17H. The summed E-state index contributed by atoms with van der Waals surface area (Å²) >= 11 is 0. The molecule has 0 amide bonds. The van der Waals surface area contributed by atoms with Crippen LogP contribution in [0.2, 0.25) is 0 Å². The van der Waals surface area contributed by atoms with Gasteiger partial charge in [0.05, 0.1) is 11.4 Å². The molecule has 0 atom stereocenters. The van der Waals surface area contributed by atoms with E-state index in [1.807, 2.05) is 78.9 Å². The Morgan fingerprint density at radius 2 is 1.36 bits per heavy atom. The Morgan fingerprint density at radius 3 is 2.14 bits per heavy atom. The van der Waals surface area contributed by atoms with Crippen molar-refractivity contribution in [2.45, 2.75) is 0 Å². The van der Waals surface area contributed by atoms with E-state index in [4.69, 9.17) is 9.41 Å². The van der Waals surface area contributed by atoms with Gasteiger partial charge in [-0.25, -0.2) is 0 Å². The molecule has 0 radical (unpaired) electrons. The molecule has 28 heavy (non-hydrogen) atoms. The Hall–Kier alpha value is -3.92. The van der Waals surface area contributed by atoms with Crippen molar-refractivity contribution in [3.8, 4) is 17.1 Å². The highest BCUT2D eigenvalue weighted by Crippen LogP contribution is 2.21. The highest BCUT2D eigenvalue weighted by Gasteiger charge is 2.10. The molecule has 0 aliphatic carbocycles. The predicted octanol–water partition coefficient (Wildman–Crippen LogP) is 5.52. The summed E-state index contributed by atoms with van der Waals surface area (Å²) in [5.41, 5.74) is 3.06. The summed E-state index contributed by atoms with van der Waals surface area (Å²) in [5.74, 6) is 0.531. The highest BCUT2D eigenvalue weighted by molar-refractivity contribution is 5.85. The van der Waals surface area contributed by atoms with Crippen LogP contribution in [0.15, 0.2) is 113 Å². The van der Waals surface area contributed by atoms with Crippen molar-refractivity contribution in [3.63, 3.8) is 0 Å². The molecule has 0 spiro atoms. The molecule has 0 fully saturated rings. The summed E-state index contributed by atoms with van der Waals surface area (Å²) in [6.07, 6.45) is 0. The zero-order valence-corrected chi connectivity index (χ0v) is 15.1. The summed E-state index contributed by atoms with van der Waals surface area (Å²) in [4.78, 5) is 4.75. The molecule has 4 heteroatoms. The summed E-state index contributed by atoms with van der Waals surface area (Å²) < 4.78 is 7.79. The smallest absolute Gasteiger partial charge is 0.325 e. The molecule has 4 nitrogen and oxygen atoms in total. The van der Waals surface area contributed by atoms with E-state index in [0.717, 1.165) is 22.3 Å². The van der Waals surface area contributed by atoms with Crippen LogP contribution in [-0.2, 0) is 0 Å². The molecule has 0 unspecified atom stereocenters. The lowest BCUT2D eigenvalue weighted by molar-refractivity contribution is 0.499.